The standard InChI is InChI=1S/C17H21N3O/c1-12-5-4-6-15(9-12)20(3)11-17(21)19-14-8-7-13(2)16(18)10-14/h4-10H,11,18H2,1-3H3,(H,19,21). The number of nitrogens with two attached hydrogens (primary N) is 1. The Balaban J connectivity index is 1.99. The molecule has 2 aromatic rings. The second kappa shape index (κ2) is 6.31. The maximum atomic E-state index is 12.1. The normalized spacial score (nSPS) is 10.2. The largest absolute Gasteiger partial charge is 0.398 e. The first kappa shape index (κ1) is 14.9. The van der Waals surface area contributed by atoms with Gasteiger partial charge < -0.3 is 16.0 Å². The summed E-state index contributed by atoms with van der Waals surface area (Å²) in [4.78, 5) is 14.0. The van der Waals surface area contributed by atoms with E-state index in [1.54, 1.807) is 6.07 Å². The molecule has 0 heterocycles. The molecule has 4 heteroatoms. The third kappa shape index (κ3) is 3.99. The monoisotopic (exact) mass is 283 g/mol. The number of anilines is 3. The number of hydrogen-bond acceptors (Lipinski definition) is 3. The second-order valence-electron chi connectivity index (χ2n) is 5.31. The number of rotatable bonds is 4. The first-order valence-electron chi connectivity index (χ1n) is 6.89. The molecular formula is C17H21N3O. The minimum absolute atomic E-state index is 0.0674. The van der Waals surface area contributed by atoms with Gasteiger partial charge in [-0.05, 0) is 49.2 Å². The van der Waals surface area contributed by atoms with E-state index in [2.05, 4.69) is 11.4 Å². The van der Waals surface area contributed by atoms with Crippen molar-refractivity contribution < 1.29 is 4.79 Å². The fourth-order valence-electron chi connectivity index (χ4n) is 2.09. The number of nitrogens with one attached hydrogen (secondary N) is 1. The molecule has 0 aliphatic heterocycles. The third-order valence-corrected chi connectivity index (χ3v) is 3.39. The van der Waals surface area contributed by atoms with Crippen LogP contribution >= 0.6 is 0 Å². The van der Waals surface area contributed by atoms with Gasteiger partial charge in [-0.2, -0.15) is 0 Å². The molecule has 0 aromatic heterocycles. The summed E-state index contributed by atoms with van der Waals surface area (Å²) in [6, 6.07) is 13.6. The van der Waals surface area contributed by atoms with Gasteiger partial charge in [0, 0.05) is 24.1 Å². The van der Waals surface area contributed by atoms with Crippen molar-refractivity contribution in [1.82, 2.24) is 0 Å². The van der Waals surface area contributed by atoms with Crippen LogP contribution in [0.2, 0.25) is 0 Å². The van der Waals surface area contributed by atoms with Crippen molar-refractivity contribution in [3.8, 4) is 0 Å². The lowest BCUT2D eigenvalue weighted by atomic mass is 10.2. The molecule has 0 spiro atoms. The summed E-state index contributed by atoms with van der Waals surface area (Å²) in [5.74, 6) is -0.0674. The highest BCUT2D eigenvalue weighted by molar-refractivity contribution is 5.94. The van der Waals surface area contributed by atoms with Crippen molar-refractivity contribution >= 4 is 23.0 Å². The van der Waals surface area contributed by atoms with Gasteiger partial charge in [0.1, 0.15) is 0 Å². The molecule has 0 fully saturated rings. The van der Waals surface area contributed by atoms with E-state index in [0.29, 0.717) is 5.69 Å². The summed E-state index contributed by atoms with van der Waals surface area (Å²) >= 11 is 0. The Labute approximate surface area is 125 Å². The summed E-state index contributed by atoms with van der Waals surface area (Å²) in [6.45, 7) is 4.26. The van der Waals surface area contributed by atoms with Gasteiger partial charge in [0.05, 0.1) is 6.54 Å². The number of carbonyl (C=O) groups excluding carboxylic acids is 1. The predicted molar refractivity (Wildman–Crippen MR) is 88.7 cm³/mol. The Morgan fingerprint density at radius 1 is 1.19 bits per heavy atom. The number of nitrogens with zero attached hydrogens (tertiary/aromatic N) is 1. The molecule has 0 saturated heterocycles. The van der Waals surface area contributed by atoms with Crippen LogP contribution in [0.25, 0.3) is 0 Å². The molecule has 0 aliphatic rings. The van der Waals surface area contributed by atoms with E-state index >= 15 is 0 Å². The molecule has 0 unspecified atom stereocenters. The van der Waals surface area contributed by atoms with Crippen molar-refractivity contribution in [2.75, 3.05) is 29.5 Å². The highest BCUT2D eigenvalue weighted by Gasteiger charge is 2.08. The van der Waals surface area contributed by atoms with Crippen molar-refractivity contribution in [2.45, 2.75) is 13.8 Å². The maximum absolute atomic E-state index is 12.1. The highest BCUT2D eigenvalue weighted by atomic mass is 16.2. The highest BCUT2D eigenvalue weighted by Crippen LogP contribution is 2.17. The molecular weight excluding hydrogens is 262 g/mol. The molecule has 1 amide bonds. The molecule has 4 nitrogen and oxygen atoms in total. The Bertz CT molecular complexity index is 652. The fraction of sp³-hybridized carbons (Fsp3) is 0.235. The van der Waals surface area contributed by atoms with Crippen LogP contribution in [-0.4, -0.2) is 19.5 Å². The van der Waals surface area contributed by atoms with Gasteiger partial charge in [-0.1, -0.05) is 18.2 Å². The zero-order valence-electron chi connectivity index (χ0n) is 12.7. The smallest absolute Gasteiger partial charge is 0.243 e. The van der Waals surface area contributed by atoms with Gasteiger partial charge in [-0.3, -0.25) is 4.79 Å². The molecule has 2 rings (SSSR count). The van der Waals surface area contributed by atoms with E-state index in [-0.39, 0.29) is 12.5 Å². The fourth-order valence-corrected chi connectivity index (χ4v) is 2.09. The van der Waals surface area contributed by atoms with Crippen LogP contribution in [0.5, 0.6) is 0 Å². The van der Waals surface area contributed by atoms with E-state index in [4.69, 9.17) is 5.73 Å². The number of nitrogen functional groups attached to an aromatic ring is 1. The van der Waals surface area contributed by atoms with Crippen molar-refractivity contribution in [1.29, 1.82) is 0 Å². The number of amides is 1. The second-order valence-corrected chi connectivity index (χ2v) is 5.31. The summed E-state index contributed by atoms with van der Waals surface area (Å²) < 4.78 is 0. The molecule has 0 bridgehead atoms. The zero-order chi connectivity index (χ0) is 15.4. The van der Waals surface area contributed by atoms with Crippen LogP contribution in [0.1, 0.15) is 11.1 Å². The maximum Gasteiger partial charge on any atom is 0.243 e. The van der Waals surface area contributed by atoms with Gasteiger partial charge in [0.25, 0.3) is 0 Å². The van der Waals surface area contributed by atoms with Gasteiger partial charge in [-0.15, -0.1) is 0 Å². The van der Waals surface area contributed by atoms with E-state index in [1.165, 1.54) is 5.56 Å². The Kier molecular flexibility index (Phi) is 4.48. The Morgan fingerprint density at radius 3 is 2.62 bits per heavy atom. The van der Waals surface area contributed by atoms with E-state index in [0.717, 1.165) is 16.9 Å². The number of aryl methyl sites for hydroxylation is 2. The SMILES string of the molecule is Cc1cccc(N(C)CC(=O)Nc2ccc(C)c(N)c2)c1. The minimum Gasteiger partial charge on any atom is -0.398 e. The molecule has 3 N–H and O–H groups in total. The van der Waals surface area contributed by atoms with Gasteiger partial charge >= 0.3 is 0 Å². The molecule has 0 saturated carbocycles. The third-order valence-electron chi connectivity index (χ3n) is 3.39. The van der Waals surface area contributed by atoms with E-state index in [9.17, 15) is 4.79 Å². The summed E-state index contributed by atoms with van der Waals surface area (Å²) in [5, 5.41) is 2.86. The first-order chi connectivity index (χ1) is 9.95. The van der Waals surface area contributed by atoms with E-state index in [1.807, 2.05) is 56.1 Å². The van der Waals surface area contributed by atoms with Gasteiger partial charge in [0.2, 0.25) is 5.91 Å². The van der Waals surface area contributed by atoms with Crippen LogP contribution < -0.4 is 16.0 Å². The quantitative estimate of drug-likeness (QED) is 0.848. The average Bonchev–Trinajstić information content (AvgIpc) is 2.43. The Hall–Kier alpha value is -2.49. The summed E-state index contributed by atoms with van der Waals surface area (Å²) in [5.41, 5.74) is 10.4. The summed E-state index contributed by atoms with van der Waals surface area (Å²) in [7, 11) is 1.90. The van der Waals surface area contributed by atoms with Crippen LogP contribution in [0.3, 0.4) is 0 Å². The van der Waals surface area contributed by atoms with Crippen LogP contribution in [0.15, 0.2) is 42.5 Å². The minimum atomic E-state index is -0.0674. The molecule has 0 radical (unpaired) electrons. The van der Waals surface area contributed by atoms with Crippen LogP contribution in [-0.2, 0) is 4.79 Å². The molecule has 0 atom stereocenters. The number of carbonyl (C=O) groups is 1. The van der Waals surface area contributed by atoms with Gasteiger partial charge in [-0.25, -0.2) is 0 Å². The number of hydrogen-bond donors (Lipinski definition) is 2. The summed E-state index contributed by atoms with van der Waals surface area (Å²) in [6.07, 6.45) is 0. The predicted octanol–water partition coefficient (Wildman–Crippen LogP) is 2.96. The Morgan fingerprint density at radius 2 is 1.95 bits per heavy atom. The lowest BCUT2D eigenvalue weighted by Gasteiger charge is -2.19. The van der Waals surface area contributed by atoms with Crippen molar-refractivity contribution in [3.63, 3.8) is 0 Å². The van der Waals surface area contributed by atoms with Gasteiger partial charge in [0.15, 0.2) is 0 Å². The lowest BCUT2D eigenvalue weighted by molar-refractivity contribution is -0.114. The van der Waals surface area contributed by atoms with Crippen molar-refractivity contribution in [3.05, 3.63) is 53.6 Å². The molecule has 0 aliphatic carbocycles. The first-order valence-corrected chi connectivity index (χ1v) is 6.89. The molecule has 21 heavy (non-hydrogen) atoms. The average molecular weight is 283 g/mol. The zero-order valence-corrected chi connectivity index (χ0v) is 12.7. The molecule has 110 valence electrons. The number of likely N-dealkylation sites (N-methyl/N-ethyl adjacent to an activating group) is 1. The van der Waals surface area contributed by atoms with E-state index < -0.39 is 0 Å². The topological polar surface area (TPSA) is 58.4 Å². The lowest BCUT2D eigenvalue weighted by Crippen LogP contribution is -2.30. The number of benzene rings is 2. The van der Waals surface area contributed by atoms with Crippen LogP contribution in [0, 0.1) is 13.8 Å². The van der Waals surface area contributed by atoms with Crippen molar-refractivity contribution in [2.24, 2.45) is 0 Å². The van der Waals surface area contributed by atoms with Crippen LogP contribution in [0.4, 0.5) is 17.1 Å². The molecule has 2 aromatic carbocycles.